The largest absolute Gasteiger partial charge is 0.495 e. The molecule has 0 saturated heterocycles. The average molecular weight is 251 g/mol. The van der Waals surface area contributed by atoms with Crippen LogP contribution in [0, 0.1) is 0 Å². The third kappa shape index (κ3) is 4.25. The molecule has 0 bridgehead atoms. The molecule has 18 heavy (non-hydrogen) atoms. The third-order valence-electron chi connectivity index (χ3n) is 2.53. The van der Waals surface area contributed by atoms with Gasteiger partial charge in [-0.05, 0) is 31.7 Å². The van der Waals surface area contributed by atoms with Crippen molar-refractivity contribution in [3.05, 3.63) is 23.8 Å². The maximum atomic E-state index is 11.4. The van der Waals surface area contributed by atoms with E-state index in [-0.39, 0.29) is 5.91 Å². The van der Waals surface area contributed by atoms with Crippen LogP contribution in [0.3, 0.4) is 0 Å². The minimum atomic E-state index is 0.0292. The minimum Gasteiger partial charge on any atom is -0.495 e. The number of benzene rings is 1. The number of amides is 1. The molecule has 0 aromatic heterocycles. The second kappa shape index (κ2) is 6.86. The van der Waals surface area contributed by atoms with Crippen LogP contribution in [0.15, 0.2) is 18.2 Å². The highest BCUT2D eigenvalue weighted by atomic mass is 16.5. The number of likely N-dealkylation sites (N-methyl/N-ethyl adjacent to an activating group) is 2. The van der Waals surface area contributed by atoms with Gasteiger partial charge < -0.3 is 15.8 Å². The van der Waals surface area contributed by atoms with Gasteiger partial charge in [0.2, 0.25) is 5.91 Å². The fourth-order valence-corrected chi connectivity index (χ4v) is 1.75. The van der Waals surface area contributed by atoms with Crippen LogP contribution in [0.25, 0.3) is 0 Å². The lowest BCUT2D eigenvalue weighted by Crippen LogP contribution is -2.34. The molecule has 1 aromatic carbocycles. The summed E-state index contributed by atoms with van der Waals surface area (Å²) in [7, 11) is 3.49. The van der Waals surface area contributed by atoms with E-state index in [1.165, 1.54) is 0 Å². The Morgan fingerprint density at radius 3 is 2.78 bits per heavy atom. The number of ether oxygens (including phenoxy) is 1. The maximum Gasteiger partial charge on any atom is 0.234 e. The van der Waals surface area contributed by atoms with Gasteiger partial charge in [0.05, 0.1) is 19.3 Å². The van der Waals surface area contributed by atoms with Crippen molar-refractivity contribution >= 4 is 11.6 Å². The summed E-state index contributed by atoms with van der Waals surface area (Å²) in [5.41, 5.74) is 7.50. The molecule has 0 heterocycles. The zero-order valence-electron chi connectivity index (χ0n) is 11.2. The first-order chi connectivity index (χ1) is 8.56. The Hall–Kier alpha value is -1.75. The molecule has 1 amide bonds. The molecule has 0 aliphatic rings. The fourth-order valence-electron chi connectivity index (χ4n) is 1.75. The van der Waals surface area contributed by atoms with E-state index in [0.717, 1.165) is 5.56 Å². The Kier molecular flexibility index (Phi) is 5.45. The summed E-state index contributed by atoms with van der Waals surface area (Å²) < 4.78 is 5.10. The van der Waals surface area contributed by atoms with Crippen molar-refractivity contribution in [3.8, 4) is 5.75 Å². The van der Waals surface area contributed by atoms with Gasteiger partial charge >= 0.3 is 0 Å². The first kappa shape index (κ1) is 14.3. The normalized spacial score (nSPS) is 10.4. The molecular formula is C13H21N3O2. The van der Waals surface area contributed by atoms with Gasteiger partial charge in [0.25, 0.3) is 0 Å². The lowest BCUT2D eigenvalue weighted by molar-refractivity contribution is -0.121. The van der Waals surface area contributed by atoms with Crippen molar-refractivity contribution < 1.29 is 9.53 Å². The molecule has 0 atom stereocenters. The van der Waals surface area contributed by atoms with E-state index in [1.807, 2.05) is 37.1 Å². The molecule has 3 N–H and O–H groups in total. The van der Waals surface area contributed by atoms with Crippen LogP contribution in [0.4, 0.5) is 5.69 Å². The number of nitrogens with zero attached hydrogens (tertiary/aromatic N) is 1. The van der Waals surface area contributed by atoms with E-state index in [9.17, 15) is 4.79 Å². The molecular weight excluding hydrogens is 230 g/mol. The second-order valence-electron chi connectivity index (χ2n) is 4.20. The minimum absolute atomic E-state index is 0.0292. The van der Waals surface area contributed by atoms with Crippen molar-refractivity contribution in [1.82, 2.24) is 10.2 Å². The summed E-state index contributed by atoms with van der Waals surface area (Å²) in [6.45, 7) is 3.61. The standard InChI is InChI=1S/C13H21N3O2/c1-4-15-13(17)9-16(2)8-10-5-6-12(18-3)11(14)7-10/h5-7H,4,8-9,14H2,1-3H3,(H,15,17). The van der Waals surface area contributed by atoms with E-state index < -0.39 is 0 Å². The summed E-state index contributed by atoms with van der Waals surface area (Å²) in [4.78, 5) is 13.4. The Balaban J connectivity index is 2.56. The number of carbonyl (C=O) groups excluding carboxylic acids is 1. The van der Waals surface area contributed by atoms with E-state index in [4.69, 9.17) is 10.5 Å². The highest BCUT2D eigenvalue weighted by Crippen LogP contribution is 2.22. The molecule has 0 spiro atoms. The van der Waals surface area contributed by atoms with Crippen LogP contribution in [0.2, 0.25) is 0 Å². The second-order valence-corrected chi connectivity index (χ2v) is 4.20. The zero-order chi connectivity index (χ0) is 13.5. The van der Waals surface area contributed by atoms with Gasteiger partial charge in [-0.2, -0.15) is 0 Å². The number of rotatable bonds is 6. The van der Waals surface area contributed by atoms with E-state index in [1.54, 1.807) is 7.11 Å². The van der Waals surface area contributed by atoms with Crippen molar-refractivity contribution in [2.45, 2.75) is 13.5 Å². The van der Waals surface area contributed by atoms with Crippen LogP contribution in [-0.4, -0.2) is 38.1 Å². The van der Waals surface area contributed by atoms with Crippen LogP contribution in [0.1, 0.15) is 12.5 Å². The zero-order valence-corrected chi connectivity index (χ0v) is 11.2. The third-order valence-corrected chi connectivity index (χ3v) is 2.53. The van der Waals surface area contributed by atoms with E-state index in [0.29, 0.717) is 31.1 Å². The van der Waals surface area contributed by atoms with Crippen molar-refractivity contribution in [1.29, 1.82) is 0 Å². The predicted octanol–water partition coefficient (Wildman–Crippen LogP) is 0.845. The van der Waals surface area contributed by atoms with Gasteiger partial charge in [-0.1, -0.05) is 6.07 Å². The van der Waals surface area contributed by atoms with Crippen molar-refractivity contribution in [2.24, 2.45) is 0 Å². The molecule has 0 radical (unpaired) electrons. The summed E-state index contributed by atoms with van der Waals surface area (Å²) >= 11 is 0. The van der Waals surface area contributed by atoms with Gasteiger partial charge in [-0.15, -0.1) is 0 Å². The van der Waals surface area contributed by atoms with Crippen LogP contribution >= 0.6 is 0 Å². The smallest absolute Gasteiger partial charge is 0.234 e. The molecule has 1 rings (SSSR count). The molecule has 0 fully saturated rings. The summed E-state index contributed by atoms with van der Waals surface area (Å²) in [6.07, 6.45) is 0. The topological polar surface area (TPSA) is 67.6 Å². The lowest BCUT2D eigenvalue weighted by Gasteiger charge is -2.16. The van der Waals surface area contributed by atoms with Crippen LogP contribution < -0.4 is 15.8 Å². The average Bonchev–Trinajstić information content (AvgIpc) is 2.29. The molecule has 5 nitrogen and oxygen atoms in total. The highest BCUT2D eigenvalue weighted by molar-refractivity contribution is 5.77. The number of hydrogen-bond donors (Lipinski definition) is 2. The number of anilines is 1. The lowest BCUT2D eigenvalue weighted by atomic mass is 10.2. The molecule has 0 saturated carbocycles. The number of nitrogens with one attached hydrogen (secondary N) is 1. The maximum absolute atomic E-state index is 11.4. The van der Waals surface area contributed by atoms with Gasteiger partial charge in [-0.25, -0.2) is 0 Å². The highest BCUT2D eigenvalue weighted by Gasteiger charge is 2.07. The van der Waals surface area contributed by atoms with Crippen LogP contribution in [-0.2, 0) is 11.3 Å². The summed E-state index contributed by atoms with van der Waals surface area (Å²) in [5.74, 6) is 0.701. The molecule has 0 unspecified atom stereocenters. The van der Waals surface area contributed by atoms with Gasteiger partial charge in [0.15, 0.2) is 0 Å². The first-order valence-corrected chi connectivity index (χ1v) is 5.94. The van der Waals surface area contributed by atoms with Gasteiger partial charge in [0.1, 0.15) is 5.75 Å². The Morgan fingerprint density at radius 1 is 1.50 bits per heavy atom. The van der Waals surface area contributed by atoms with Crippen molar-refractivity contribution in [2.75, 3.05) is 33.0 Å². The van der Waals surface area contributed by atoms with Crippen molar-refractivity contribution in [3.63, 3.8) is 0 Å². The number of carbonyl (C=O) groups is 1. The molecule has 0 aliphatic heterocycles. The molecule has 100 valence electrons. The van der Waals surface area contributed by atoms with Gasteiger partial charge in [0, 0.05) is 13.1 Å². The van der Waals surface area contributed by atoms with E-state index in [2.05, 4.69) is 5.32 Å². The number of methoxy groups -OCH3 is 1. The fraction of sp³-hybridized carbons (Fsp3) is 0.462. The number of nitrogen functional groups attached to an aromatic ring is 1. The summed E-state index contributed by atoms with van der Waals surface area (Å²) in [5, 5.41) is 2.77. The summed E-state index contributed by atoms with van der Waals surface area (Å²) in [6, 6.07) is 5.65. The Morgan fingerprint density at radius 2 is 2.22 bits per heavy atom. The molecule has 0 aliphatic carbocycles. The Bertz CT molecular complexity index is 407. The molecule has 1 aromatic rings. The SMILES string of the molecule is CCNC(=O)CN(C)Cc1ccc(OC)c(N)c1. The quantitative estimate of drug-likeness (QED) is 0.735. The first-order valence-electron chi connectivity index (χ1n) is 5.94. The van der Waals surface area contributed by atoms with E-state index >= 15 is 0 Å². The van der Waals surface area contributed by atoms with Gasteiger partial charge in [-0.3, -0.25) is 9.69 Å². The monoisotopic (exact) mass is 251 g/mol. The number of hydrogen-bond acceptors (Lipinski definition) is 4. The number of nitrogens with two attached hydrogens (primary N) is 1. The molecule has 5 heteroatoms. The Labute approximate surface area is 108 Å². The predicted molar refractivity (Wildman–Crippen MR) is 72.4 cm³/mol. The van der Waals surface area contributed by atoms with Crippen LogP contribution in [0.5, 0.6) is 5.75 Å².